The Morgan fingerprint density at radius 1 is 1.17 bits per heavy atom. The predicted molar refractivity (Wildman–Crippen MR) is 105 cm³/mol. The molecule has 2 heterocycles. The van der Waals surface area contributed by atoms with Crippen LogP contribution in [0.15, 0.2) is 34.1 Å². The Balaban J connectivity index is 1.71. The molecule has 3 aromatic rings. The zero-order valence-corrected chi connectivity index (χ0v) is 15.8. The molecule has 0 saturated carbocycles. The number of aromatic amines is 1. The van der Waals surface area contributed by atoms with Crippen LogP contribution < -0.4 is 5.69 Å². The first-order valence-corrected chi connectivity index (χ1v) is 8.91. The quantitative estimate of drug-likeness (QED) is 0.569. The summed E-state index contributed by atoms with van der Waals surface area (Å²) in [5.74, 6) is -3.10. The van der Waals surface area contributed by atoms with Gasteiger partial charge in [0.15, 0.2) is 5.82 Å². The monoisotopic (exact) mass is 439 g/mol. The van der Waals surface area contributed by atoms with Gasteiger partial charge in [0.05, 0.1) is 11.6 Å². The molecule has 1 aliphatic rings. The molecule has 0 fully saturated rings. The molecule has 0 bridgehead atoms. The van der Waals surface area contributed by atoms with Gasteiger partial charge in [-0.1, -0.05) is 29.3 Å². The minimum Gasteiger partial charge on any atom is -0.493 e. The van der Waals surface area contributed by atoms with Crippen LogP contribution in [0.4, 0.5) is 18.9 Å². The van der Waals surface area contributed by atoms with Gasteiger partial charge in [-0.3, -0.25) is 9.56 Å². The third-order valence-electron chi connectivity index (χ3n) is 4.38. The third-order valence-corrected chi connectivity index (χ3v) is 5.03. The van der Waals surface area contributed by atoms with Crippen LogP contribution in [-0.2, 0) is 6.54 Å². The number of aromatic nitrogens is 2. The summed E-state index contributed by atoms with van der Waals surface area (Å²) >= 11 is 11.2. The maximum Gasteiger partial charge on any atom is 0.329 e. The second kappa shape index (κ2) is 7.13. The molecule has 2 N–H and O–H groups in total. The summed E-state index contributed by atoms with van der Waals surface area (Å²) in [6, 6.07) is 4.87. The van der Waals surface area contributed by atoms with Gasteiger partial charge in [-0.2, -0.15) is 0 Å². The summed E-state index contributed by atoms with van der Waals surface area (Å²) in [4.78, 5) is 18.6. The van der Waals surface area contributed by atoms with E-state index >= 15 is 0 Å². The van der Waals surface area contributed by atoms with Gasteiger partial charge in [-0.25, -0.2) is 18.0 Å². The summed E-state index contributed by atoms with van der Waals surface area (Å²) in [6.07, 6.45) is 2.77. The number of aliphatic imine (C=N–C) groups is 1. The molecule has 0 saturated heterocycles. The van der Waals surface area contributed by atoms with Crippen LogP contribution in [-0.4, -0.2) is 20.9 Å². The Kier molecular flexibility index (Phi) is 4.76. The molecule has 5 nitrogen and oxygen atoms in total. The van der Waals surface area contributed by atoms with Crippen molar-refractivity contribution in [3.05, 3.63) is 79.1 Å². The van der Waals surface area contributed by atoms with Crippen LogP contribution in [0.5, 0.6) is 5.88 Å². The van der Waals surface area contributed by atoms with E-state index in [1.54, 1.807) is 6.07 Å². The minimum atomic E-state index is -0.980. The van der Waals surface area contributed by atoms with Crippen molar-refractivity contribution in [2.75, 3.05) is 0 Å². The topological polar surface area (TPSA) is 70.4 Å². The molecule has 0 radical (unpaired) electrons. The van der Waals surface area contributed by atoms with Crippen LogP contribution >= 0.6 is 23.2 Å². The van der Waals surface area contributed by atoms with Crippen LogP contribution in [0.2, 0.25) is 10.0 Å². The molecule has 0 unspecified atom stereocenters. The number of benzene rings is 2. The number of halogens is 5. The highest BCUT2D eigenvalue weighted by atomic mass is 35.5. The van der Waals surface area contributed by atoms with Crippen LogP contribution in [0.3, 0.4) is 0 Å². The predicted octanol–water partition coefficient (Wildman–Crippen LogP) is 4.91. The first-order chi connectivity index (χ1) is 13.8. The number of rotatable bonds is 3. The highest BCUT2D eigenvalue weighted by Crippen LogP contribution is 2.38. The standard InChI is InChI=1S/C19H10Cl2F3N3O2/c20-11-2-1-10-9(6-25-17(10)16(11)24)5-14-18(28)27(19(29)26-14)7-8-3-12(22)15(21)13(23)4-8/h1-6,28H,7H2,(H,26,29)/b9-5+. The van der Waals surface area contributed by atoms with Gasteiger partial charge >= 0.3 is 5.69 Å². The Morgan fingerprint density at radius 2 is 1.86 bits per heavy atom. The number of hydrogen-bond donors (Lipinski definition) is 2. The summed E-state index contributed by atoms with van der Waals surface area (Å²) in [7, 11) is 0. The number of aromatic hydroxyl groups is 1. The van der Waals surface area contributed by atoms with E-state index < -0.39 is 34.0 Å². The fourth-order valence-electron chi connectivity index (χ4n) is 2.98. The molecular formula is C19H10Cl2F3N3O2. The molecule has 1 aliphatic heterocycles. The van der Waals surface area contributed by atoms with Gasteiger partial charge < -0.3 is 10.1 Å². The highest BCUT2D eigenvalue weighted by molar-refractivity contribution is 6.32. The molecule has 0 spiro atoms. The van der Waals surface area contributed by atoms with Crippen molar-refractivity contribution >= 4 is 46.8 Å². The zero-order chi connectivity index (χ0) is 20.9. The Labute approximate surface area is 171 Å². The smallest absolute Gasteiger partial charge is 0.329 e. The SMILES string of the molecule is O=c1[nH]c(/C=C2\C=Nc3c2ccc(Cl)c3F)c(O)n1Cc1cc(F)c(Cl)c(F)c1. The molecule has 1 aromatic heterocycles. The third kappa shape index (κ3) is 3.34. The lowest BCUT2D eigenvalue weighted by Crippen LogP contribution is -2.17. The lowest BCUT2D eigenvalue weighted by atomic mass is 10.1. The zero-order valence-electron chi connectivity index (χ0n) is 14.3. The Bertz CT molecular complexity index is 1260. The molecule has 0 atom stereocenters. The van der Waals surface area contributed by atoms with Crippen molar-refractivity contribution in [3.8, 4) is 5.88 Å². The van der Waals surface area contributed by atoms with Crippen LogP contribution in [0, 0.1) is 17.5 Å². The number of fused-ring (bicyclic) bond motifs is 1. The number of hydrogen-bond acceptors (Lipinski definition) is 3. The van der Waals surface area contributed by atoms with Gasteiger partial charge in [0.1, 0.15) is 28.0 Å². The average molecular weight is 440 g/mol. The van der Waals surface area contributed by atoms with Gasteiger partial charge in [0.2, 0.25) is 5.88 Å². The summed E-state index contributed by atoms with van der Waals surface area (Å²) in [5, 5.41) is 9.67. The van der Waals surface area contributed by atoms with Crippen molar-refractivity contribution < 1.29 is 18.3 Å². The van der Waals surface area contributed by atoms with Crippen molar-refractivity contribution in [1.82, 2.24) is 9.55 Å². The van der Waals surface area contributed by atoms with E-state index in [1.165, 1.54) is 18.4 Å². The lowest BCUT2D eigenvalue weighted by molar-refractivity contribution is 0.420. The summed E-state index contributed by atoms with van der Waals surface area (Å²) < 4.78 is 42.2. The second-order valence-corrected chi connectivity index (χ2v) is 7.03. The lowest BCUT2D eigenvalue weighted by Gasteiger charge is -2.06. The maximum absolute atomic E-state index is 14.0. The van der Waals surface area contributed by atoms with E-state index in [2.05, 4.69) is 9.98 Å². The first kappa shape index (κ1) is 19.4. The van der Waals surface area contributed by atoms with Crippen LogP contribution in [0.1, 0.15) is 16.8 Å². The minimum absolute atomic E-state index is 0.0227. The van der Waals surface area contributed by atoms with E-state index in [0.29, 0.717) is 11.1 Å². The molecule has 2 aromatic carbocycles. The summed E-state index contributed by atoms with van der Waals surface area (Å²) in [6.45, 7) is -0.301. The number of imidazole rings is 1. The fourth-order valence-corrected chi connectivity index (χ4v) is 3.24. The normalized spacial score (nSPS) is 14.0. The van der Waals surface area contributed by atoms with Crippen molar-refractivity contribution in [1.29, 1.82) is 0 Å². The van der Waals surface area contributed by atoms with Gasteiger partial charge in [-0.15, -0.1) is 0 Å². The van der Waals surface area contributed by atoms with E-state index in [4.69, 9.17) is 23.2 Å². The molecule has 0 aliphatic carbocycles. The van der Waals surface area contributed by atoms with E-state index in [0.717, 1.165) is 16.7 Å². The Hall–Kier alpha value is -2.97. The van der Waals surface area contributed by atoms with Crippen LogP contribution in [0.25, 0.3) is 11.6 Å². The maximum atomic E-state index is 14.0. The van der Waals surface area contributed by atoms with E-state index in [1.807, 2.05) is 0 Å². The summed E-state index contributed by atoms with van der Waals surface area (Å²) in [5.41, 5.74) is 0.323. The van der Waals surface area contributed by atoms with Crippen molar-refractivity contribution in [2.45, 2.75) is 6.54 Å². The molecule has 4 rings (SSSR count). The highest BCUT2D eigenvalue weighted by Gasteiger charge is 2.20. The van der Waals surface area contributed by atoms with Gasteiger partial charge in [0, 0.05) is 17.4 Å². The average Bonchev–Trinajstić information content (AvgIpc) is 3.19. The first-order valence-electron chi connectivity index (χ1n) is 8.15. The number of allylic oxidation sites excluding steroid dienone is 1. The van der Waals surface area contributed by atoms with Gasteiger partial charge in [-0.05, 0) is 29.8 Å². The number of H-pyrrole nitrogens is 1. The molecule has 10 heteroatoms. The molecule has 29 heavy (non-hydrogen) atoms. The largest absolute Gasteiger partial charge is 0.493 e. The van der Waals surface area contributed by atoms with Crippen molar-refractivity contribution in [3.63, 3.8) is 0 Å². The Morgan fingerprint density at radius 3 is 2.55 bits per heavy atom. The second-order valence-electron chi connectivity index (χ2n) is 6.24. The van der Waals surface area contributed by atoms with Gasteiger partial charge in [0.25, 0.3) is 0 Å². The van der Waals surface area contributed by atoms with E-state index in [-0.39, 0.29) is 28.5 Å². The molecule has 0 amide bonds. The number of nitrogens with one attached hydrogen (secondary N) is 1. The van der Waals surface area contributed by atoms with E-state index in [9.17, 15) is 23.1 Å². The molecule has 148 valence electrons. The number of nitrogens with zero attached hydrogens (tertiary/aromatic N) is 2. The molecular weight excluding hydrogens is 430 g/mol. The fraction of sp³-hybridized carbons (Fsp3) is 0.0526. The van der Waals surface area contributed by atoms with Crippen molar-refractivity contribution in [2.24, 2.45) is 4.99 Å².